The first-order chi connectivity index (χ1) is 11.0. The maximum Gasteiger partial charge on any atom is 0.340 e. The van der Waals surface area contributed by atoms with Crippen molar-refractivity contribution in [2.45, 2.75) is 26.7 Å². The first-order valence-electron chi connectivity index (χ1n) is 7.45. The molecular weight excluding hydrogens is 295 g/mol. The highest BCUT2D eigenvalue weighted by Crippen LogP contribution is 2.24. The number of fused-ring (bicyclic) bond motifs is 1. The molecule has 2 N–H and O–H groups in total. The van der Waals surface area contributed by atoms with E-state index in [4.69, 9.17) is 10.2 Å². The van der Waals surface area contributed by atoms with Gasteiger partial charge in [0.25, 0.3) is 0 Å². The van der Waals surface area contributed by atoms with Crippen LogP contribution in [0.5, 0.6) is 0 Å². The molecule has 0 radical (unpaired) electrons. The Hall–Kier alpha value is -2.69. The van der Waals surface area contributed by atoms with Crippen LogP contribution in [0.1, 0.15) is 29.2 Å². The van der Waals surface area contributed by atoms with Crippen molar-refractivity contribution in [3.63, 3.8) is 0 Å². The number of nitrogens with two attached hydrogens (primary N) is 1. The average molecular weight is 312 g/mol. The minimum atomic E-state index is -0.585. The van der Waals surface area contributed by atoms with Crippen molar-refractivity contribution >= 4 is 16.8 Å². The molecule has 23 heavy (non-hydrogen) atoms. The van der Waals surface area contributed by atoms with Crippen LogP contribution in [0.3, 0.4) is 0 Å². The fraction of sp³-hybridized carbons (Fsp3) is 0.222. The summed E-state index contributed by atoms with van der Waals surface area (Å²) in [5.41, 5.74) is 8.39. The second-order valence-corrected chi connectivity index (χ2v) is 5.55. The molecule has 4 nitrogen and oxygen atoms in total. The number of hydrogen-bond acceptors (Lipinski definition) is 4. The van der Waals surface area contributed by atoms with Crippen molar-refractivity contribution in [1.29, 1.82) is 0 Å². The highest BCUT2D eigenvalue weighted by atomic mass is 19.1. The maximum atomic E-state index is 14.1. The van der Waals surface area contributed by atoms with Crippen LogP contribution in [0.2, 0.25) is 0 Å². The van der Waals surface area contributed by atoms with Gasteiger partial charge in [0.2, 0.25) is 0 Å². The summed E-state index contributed by atoms with van der Waals surface area (Å²) in [5.74, 6) is -0.750. The van der Waals surface area contributed by atoms with Crippen molar-refractivity contribution < 1.29 is 8.81 Å². The Labute approximate surface area is 132 Å². The molecule has 0 saturated heterocycles. The average Bonchev–Trinajstić information content (AvgIpc) is 2.53. The molecule has 1 aromatic carbocycles. The highest BCUT2D eigenvalue weighted by molar-refractivity contribution is 5.82. The van der Waals surface area contributed by atoms with Crippen molar-refractivity contribution in [3.05, 3.63) is 69.0 Å². The van der Waals surface area contributed by atoms with Crippen molar-refractivity contribution in [2.24, 2.45) is 0 Å². The zero-order valence-electron chi connectivity index (χ0n) is 13.0. The summed E-state index contributed by atoms with van der Waals surface area (Å²) in [4.78, 5) is 16.1. The predicted molar refractivity (Wildman–Crippen MR) is 88.0 cm³/mol. The Bertz CT molecular complexity index is 948. The molecule has 0 aliphatic heterocycles. The van der Waals surface area contributed by atoms with Gasteiger partial charge >= 0.3 is 5.63 Å². The lowest BCUT2D eigenvalue weighted by Gasteiger charge is -2.11. The highest BCUT2D eigenvalue weighted by Gasteiger charge is 2.16. The third-order valence-corrected chi connectivity index (χ3v) is 3.99. The van der Waals surface area contributed by atoms with Gasteiger partial charge in [0.05, 0.1) is 0 Å². The molecular formula is C18H17FN2O2. The summed E-state index contributed by atoms with van der Waals surface area (Å²) >= 11 is 0. The molecule has 0 amide bonds. The quantitative estimate of drug-likeness (QED) is 0.753. The Morgan fingerprint density at radius 1 is 1.26 bits per heavy atom. The molecule has 0 saturated carbocycles. The van der Waals surface area contributed by atoms with Crippen molar-refractivity contribution in [1.82, 2.24) is 4.98 Å². The summed E-state index contributed by atoms with van der Waals surface area (Å²) in [5, 5.41) is 0.893. The molecule has 0 aliphatic rings. The van der Waals surface area contributed by atoms with E-state index in [0.717, 1.165) is 16.5 Å². The van der Waals surface area contributed by atoms with Gasteiger partial charge in [-0.3, -0.25) is 0 Å². The molecule has 3 aromatic rings. The summed E-state index contributed by atoms with van der Waals surface area (Å²) < 4.78 is 19.5. The largest absolute Gasteiger partial charge is 0.423 e. The number of aryl methyl sites for hydroxylation is 2. The van der Waals surface area contributed by atoms with Gasteiger partial charge < -0.3 is 10.2 Å². The number of halogens is 1. The Morgan fingerprint density at radius 3 is 2.78 bits per heavy atom. The topological polar surface area (TPSA) is 69.1 Å². The van der Waals surface area contributed by atoms with E-state index in [2.05, 4.69) is 4.98 Å². The fourth-order valence-electron chi connectivity index (χ4n) is 2.83. The first kappa shape index (κ1) is 15.2. The summed E-state index contributed by atoms with van der Waals surface area (Å²) in [6.07, 6.45) is 2.23. The molecule has 0 spiro atoms. The molecule has 0 unspecified atom stereocenters. The number of nitrogens with zero attached hydrogens (tertiary/aromatic N) is 1. The van der Waals surface area contributed by atoms with E-state index in [-0.39, 0.29) is 12.2 Å². The SMILES string of the molecule is CCc1c(Cc2ccnc(N)c2F)c(=O)oc2ccc(C)cc12. The number of rotatable bonds is 3. The normalized spacial score (nSPS) is 11.1. The molecule has 2 aromatic heterocycles. The molecule has 0 bridgehead atoms. The summed E-state index contributed by atoms with van der Waals surface area (Å²) in [7, 11) is 0. The second kappa shape index (κ2) is 5.83. The molecule has 0 aliphatic carbocycles. The van der Waals surface area contributed by atoms with E-state index in [9.17, 15) is 9.18 Å². The van der Waals surface area contributed by atoms with Crippen molar-refractivity contribution in [3.8, 4) is 0 Å². The first-order valence-corrected chi connectivity index (χ1v) is 7.45. The van der Waals surface area contributed by atoms with E-state index in [1.165, 1.54) is 12.3 Å². The van der Waals surface area contributed by atoms with Gasteiger partial charge in [-0.1, -0.05) is 18.6 Å². The molecule has 5 heteroatoms. The lowest BCUT2D eigenvalue weighted by Crippen LogP contribution is -2.13. The Kier molecular flexibility index (Phi) is 3.86. The zero-order chi connectivity index (χ0) is 16.6. The number of aromatic nitrogens is 1. The van der Waals surface area contributed by atoms with E-state index >= 15 is 0 Å². The van der Waals surface area contributed by atoms with Crippen LogP contribution in [-0.4, -0.2) is 4.98 Å². The van der Waals surface area contributed by atoms with E-state index < -0.39 is 11.4 Å². The van der Waals surface area contributed by atoms with E-state index in [1.54, 1.807) is 6.07 Å². The molecule has 3 rings (SSSR count). The number of nitrogen functional groups attached to an aromatic ring is 1. The Balaban J connectivity index is 2.22. The van der Waals surface area contributed by atoms with Crippen LogP contribution in [0.4, 0.5) is 10.2 Å². The number of anilines is 1. The molecule has 2 heterocycles. The minimum absolute atomic E-state index is 0.133. The minimum Gasteiger partial charge on any atom is -0.423 e. The van der Waals surface area contributed by atoms with Crippen LogP contribution in [0.15, 0.2) is 39.7 Å². The van der Waals surface area contributed by atoms with Gasteiger partial charge in [-0.05, 0) is 42.7 Å². The molecule has 118 valence electrons. The van der Waals surface area contributed by atoms with Crippen LogP contribution < -0.4 is 11.4 Å². The Morgan fingerprint density at radius 2 is 2.04 bits per heavy atom. The van der Waals surface area contributed by atoms with Gasteiger partial charge in [0.1, 0.15) is 5.58 Å². The molecule has 0 fully saturated rings. The monoisotopic (exact) mass is 312 g/mol. The van der Waals surface area contributed by atoms with Crippen LogP contribution in [0.25, 0.3) is 11.0 Å². The summed E-state index contributed by atoms with van der Waals surface area (Å²) in [6, 6.07) is 7.20. The van der Waals surface area contributed by atoms with Gasteiger partial charge in [-0.25, -0.2) is 14.2 Å². The van der Waals surface area contributed by atoms with Crippen LogP contribution in [0, 0.1) is 12.7 Å². The third-order valence-electron chi connectivity index (χ3n) is 3.99. The van der Waals surface area contributed by atoms with Gasteiger partial charge in [-0.2, -0.15) is 0 Å². The van der Waals surface area contributed by atoms with Crippen LogP contribution >= 0.6 is 0 Å². The fourth-order valence-corrected chi connectivity index (χ4v) is 2.83. The van der Waals surface area contributed by atoms with Gasteiger partial charge in [0, 0.05) is 23.6 Å². The molecule has 0 atom stereocenters. The van der Waals surface area contributed by atoms with Gasteiger partial charge in [-0.15, -0.1) is 0 Å². The van der Waals surface area contributed by atoms with Crippen LogP contribution in [-0.2, 0) is 12.8 Å². The van der Waals surface area contributed by atoms with Gasteiger partial charge in [0.15, 0.2) is 11.6 Å². The standard InChI is InChI=1S/C18H17FN2O2/c1-3-12-13-8-10(2)4-5-15(13)23-18(22)14(12)9-11-6-7-21-17(20)16(11)19/h4-8H,3,9H2,1-2H3,(H2,20,21). The van der Waals surface area contributed by atoms with E-state index in [1.807, 2.05) is 26.0 Å². The third kappa shape index (κ3) is 2.70. The second-order valence-electron chi connectivity index (χ2n) is 5.55. The lowest BCUT2D eigenvalue weighted by atomic mass is 9.96. The number of hydrogen-bond donors (Lipinski definition) is 1. The maximum absolute atomic E-state index is 14.1. The van der Waals surface area contributed by atoms with E-state index in [0.29, 0.717) is 23.1 Å². The smallest absolute Gasteiger partial charge is 0.340 e. The predicted octanol–water partition coefficient (Wildman–Crippen LogP) is 3.37. The van der Waals surface area contributed by atoms with Crippen molar-refractivity contribution in [2.75, 3.05) is 5.73 Å². The summed E-state index contributed by atoms with van der Waals surface area (Å²) in [6.45, 7) is 3.95. The lowest BCUT2D eigenvalue weighted by molar-refractivity contribution is 0.547. The number of pyridine rings is 1. The zero-order valence-corrected chi connectivity index (χ0v) is 13.0. The number of benzene rings is 1.